The quantitative estimate of drug-likeness (QED) is 0.666. The number of hydrogen-bond acceptors (Lipinski definition) is 4. The van der Waals surface area contributed by atoms with Crippen LogP contribution in [0.3, 0.4) is 0 Å². The van der Waals surface area contributed by atoms with Gasteiger partial charge in [-0.2, -0.15) is 0 Å². The highest BCUT2D eigenvalue weighted by atomic mass is 16.8. The molecular formula is C11H20N2O2. The van der Waals surface area contributed by atoms with E-state index < -0.39 is 5.79 Å². The van der Waals surface area contributed by atoms with Crippen molar-refractivity contribution in [2.24, 2.45) is 5.16 Å². The van der Waals surface area contributed by atoms with Gasteiger partial charge in [-0.05, 0) is 25.5 Å². The molecule has 2 atom stereocenters. The molecular weight excluding hydrogens is 192 g/mol. The highest BCUT2D eigenvalue weighted by molar-refractivity contribution is 5.76. The monoisotopic (exact) mass is 212 g/mol. The Balaban J connectivity index is 2.00. The highest BCUT2D eigenvalue weighted by Crippen LogP contribution is 2.34. The van der Waals surface area contributed by atoms with Gasteiger partial charge >= 0.3 is 0 Å². The van der Waals surface area contributed by atoms with Crippen LogP contribution in [0.15, 0.2) is 5.16 Å². The van der Waals surface area contributed by atoms with Gasteiger partial charge in [0, 0.05) is 31.8 Å². The summed E-state index contributed by atoms with van der Waals surface area (Å²) >= 11 is 0. The first kappa shape index (κ1) is 10.7. The molecule has 0 aliphatic carbocycles. The molecule has 0 saturated carbocycles. The number of rotatable bonds is 1. The molecule has 2 unspecified atom stereocenters. The summed E-state index contributed by atoms with van der Waals surface area (Å²) < 4.78 is 5.82. The molecule has 2 heterocycles. The highest BCUT2D eigenvalue weighted by Gasteiger charge is 2.42. The Bertz CT molecular complexity index is 253. The lowest BCUT2D eigenvalue weighted by Crippen LogP contribution is -2.33. The fraction of sp³-hybridized carbons (Fsp3) is 0.909. The molecule has 15 heavy (non-hydrogen) atoms. The Morgan fingerprint density at radius 1 is 1.53 bits per heavy atom. The Morgan fingerprint density at radius 3 is 3.00 bits per heavy atom. The Morgan fingerprint density at radius 2 is 2.33 bits per heavy atom. The van der Waals surface area contributed by atoms with Crippen LogP contribution in [0.2, 0.25) is 0 Å². The smallest absolute Gasteiger partial charge is 0.278 e. The summed E-state index contributed by atoms with van der Waals surface area (Å²) in [5.41, 5.74) is 0. The molecule has 4 nitrogen and oxygen atoms in total. The molecule has 4 heteroatoms. The van der Waals surface area contributed by atoms with Gasteiger partial charge in [-0.15, -0.1) is 0 Å². The van der Waals surface area contributed by atoms with Crippen molar-refractivity contribution in [2.75, 3.05) is 13.6 Å². The second kappa shape index (κ2) is 4.00. The van der Waals surface area contributed by atoms with E-state index in [0.717, 1.165) is 38.1 Å². The minimum absolute atomic E-state index is 0.454. The Labute approximate surface area is 91.2 Å². The van der Waals surface area contributed by atoms with E-state index in [0.29, 0.717) is 6.04 Å². The summed E-state index contributed by atoms with van der Waals surface area (Å²) in [5.74, 6) is 0.289. The fourth-order valence-electron chi connectivity index (χ4n) is 2.06. The normalized spacial score (nSPS) is 37.0. The maximum atomic E-state index is 5.82. The number of likely N-dealkylation sites (tertiary alicyclic amines) is 1. The lowest BCUT2D eigenvalue weighted by atomic mass is 10.1. The van der Waals surface area contributed by atoms with Gasteiger partial charge in [0.1, 0.15) is 0 Å². The maximum Gasteiger partial charge on any atom is 0.278 e. The second-order valence-electron chi connectivity index (χ2n) is 4.56. The summed E-state index contributed by atoms with van der Waals surface area (Å²) in [4.78, 5) is 7.85. The van der Waals surface area contributed by atoms with Crippen molar-refractivity contribution in [3.8, 4) is 0 Å². The molecule has 0 amide bonds. The van der Waals surface area contributed by atoms with E-state index in [4.69, 9.17) is 9.57 Å². The van der Waals surface area contributed by atoms with Crippen LogP contribution in [0.1, 0.15) is 39.5 Å². The predicted molar refractivity (Wildman–Crippen MR) is 58.6 cm³/mol. The van der Waals surface area contributed by atoms with E-state index in [2.05, 4.69) is 24.0 Å². The molecule has 0 aromatic heterocycles. The summed E-state index contributed by atoms with van der Waals surface area (Å²) in [6.45, 7) is 5.29. The van der Waals surface area contributed by atoms with Crippen LogP contribution in [0.4, 0.5) is 0 Å². The number of oxime groups is 1. The Hall–Kier alpha value is -0.770. The van der Waals surface area contributed by atoms with Gasteiger partial charge in [-0.1, -0.05) is 6.92 Å². The first-order chi connectivity index (χ1) is 7.15. The summed E-state index contributed by atoms with van der Waals surface area (Å²) in [6, 6.07) is 0.599. The van der Waals surface area contributed by atoms with Gasteiger partial charge in [0.05, 0.1) is 0 Å². The third-order valence-corrected chi connectivity index (χ3v) is 3.46. The lowest BCUT2D eigenvalue weighted by Gasteiger charge is -2.24. The first-order valence-corrected chi connectivity index (χ1v) is 5.79. The molecule has 1 fully saturated rings. The van der Waals surface area contributed by atoms with Gasteiger partial charge in [0.2, 0.25) is 5.90 Å². The molecule has 2 rings (SSSR count). The van der Waals surface area contributed by atoms with Crippen LogP contribution in [-0.2, 0) is 9.57 Å². The van der Waals surface area contributed by atoms with Crippen molar-refractivity contribution in [3.63, 3.8) is 0 Å². The van der Waals surface area contributed by atoms with Gasteiger partial charge in [-0.3, -0.25) is 0 Å². The molecule has 0 aromatic rings. The van der Waals surface area contributed by atoms with Crippen LogP contribution in [-0.4, -0.2) is 36.2 Å². The van der Waals surface area contributed by atoms with Crippen LogP contribution in [0.25, 0.3) is 0 Å². The van der Waals surface area contributed by atoms with Crippen LogP contribution < -0.4 is 0 Å². The van der Waals surface area contributed by atoms with Gasteiger partial charge in [-0.25, -0.2) is 0 Å². The summed E-state index contributed by atoms with van der Waals surface area (Å²) in [5, 5.41) is 4.00. The molecule has 0 radical (unpaired) electrons. The zero-order valence-electron chi connectivity index (χ0n) is 9.82. The zero-order valence-corrected chi connectivity index (χ0v) is 9.82. The second-order valence-corrected chi connectivity index (χ2v) is 4.56. The zero-order chi connectivity index (χ0) is 10.9. The van der Waals surface area contributed by atoms with Crippen molar-refractivity contribution in [3.05, 3.63) is 0 Å². The predicted octanol–water partition coefficient (Wildman–Crippen LogP) is 1.96. The van der Waals surface area contributed by atoms with Crippen LogP contribution >= 0.6 is 0 Å². The molecule has 2 aliphatic rings. The SMILES string of the molecule is CCC1=NOC2(CCC(C)N(C)CC2)O1. The van der Waals surface area contributed by atoms with Crippen molar-refractivity contribution in [2.45, 2.75) is 51.4 Å². The van der Waals surface area contributed by atoms with E-state index in [9.17, 15) is 0 Å². The molecule has 0 N–H and O–H groups in total. The number of hydrogen-bond donors (Lipinski definition) is 0. The van der Waals surface area contributed by atoms with Gasteiger partial charge in [0.25, 0.3) is 5.79 Å². The van der Waals surface area contributed by atoms with Crippen molar-refractivity contribution < 1.29 is 9.57 Å². The van der Waals surface area contributed by atoms with E-state index in [-0.39, 0.29) is 0 Å². The third-order valence-electron chi connectivity index (χ3n) is 3.46. The van der Waals surface area contributed by atoms with Crippen LogP contribution in [0, 0.1) is 0 Å². The fourth-order valence-corrected chi connectivity index (χ4v) is 2.06. The van der Waals surface area contributed by atoms with Crippen molar-refractivity contribution in [1.29, 1.82) is 0 Å². The van der Waals surface area contributed by atoms with Crippen molar-refractivity contribution in [1.82, 2.24) is 4.90 Å². The average Bonchev–Trinajstić information content (AvgIpc) is 2.61. The maximum absolute atomic E-state index is 5.82. The first-order valence-electron chi connectivity index (χ1n) is 5.79. The average molecular weight is 212 g/mol. The van der Waals surface area contributed by atoms with Gasteiger partial charge in [0.15, 0.2) is 0 Å². The van der Waals surface area contributed by atoms with E-state index in [1.807, 2.05) is 6.92 Å². The van der Waals surface area contributed by atoms with Crippen molar-refractivity contribution >= 4 is 5.90 Å². The molecule has 86 valence electrons. The standard InChI is InChI=1S/C11H20N2O2/c1-4-10-12-15-11(14-10)6-5-9(2)13(3)8-7-11/h9H,4-8H2,1-3H3. The minimum atomic E-state index is -0.454. The molecule has 0 aromatic carbocycles. The molecule has 1 saturated heterocycles. The summed E-state index contributed by atoms with van der Waals surface area (Å²) in [7, 11) is 2.15. The van der Waals surface area contributed by atoms with E-state index in [1.54, 1.807) is 0 Å². The lowest BCUT2D eigenvalue weighted by molar-refractivity contribution is -0.166. The third kappa shape index (κ3) is 2.09. The molecule has 0 bridgehead atoms. The van der Waals surface area contributed by atoms with Gasteiger partial charge < -0.3 is 14.5 Å². The largest absolute Gasteiger partial charge is 0.434 e. The number of ether oxygens (including phenoxy) is 1. The van der Waals surface area contributed by atoms with E-state index >= 15 is 0 Å². The molecule has 2 aliphatic heterocycles. The van der Waals surface area contributed by atoms with Crippen LogP contribution in [0.5, 0.6) is 0 Å². The Kier molecular flexibility index (Phi) is 2.87. The van der Waals surface area contributed by atoms with E-state index in [1.165, 1.54) is 0 Å². The summed E-state index contributed by atoms with van der Waals surface area (Å²) in [6.07, 6.45) is 3.75. The number of nitrogens with zero attached hydrogens (tertiary/aromatic N) is 2. The minimum Gasteiger partial charge on any atom is -0.434 e. The molecule has 1 spiro atoms. The topological polar surface area (TPSA) is 34.1 Å².